The molecule has 1 saturated heterocycles. The second-order valence-corrected chi connectivity index (χ2v) is 8.30. The fourth-order valence-corrected chi connectivity index (χ4v) is 4.11. The number of nitrogens with one attached hydrogen (secondary N) is 2. The Kier molecular flexibility index (Phi) is 6.09. The maximum atomic E-state index is 13.0. The van der Waals surface area contributed by atoms with Crippen molar-refractivity contribution in [2.24, 2.45) is 0 Å². The van der Waals surface area contributed by atoms with E-state index >= 15 is 0 Å². The van der Waals surface area contributed by atoms with Crippen LogP contribution in [0.2, 0.25) is 5.02 Å². The number of amides is 2. The molecule has 1 aliphatic rings. The van der Waals surface area contributed by atoms with Crippen molar-refractivity contribution in [3.05, 3.63) is 76.6 Å². The van der Waals surface area contributed by atoms with Gasteiger partial charge in [-0.3, -0.25) is 9.59 Å². The first-order valence-electron chi connectivity index (χ1n) is 10.4. The van der Waals surface area contributed by atoms with E-state index in [-0.39, 0.29) is 17.9 Å². The Morgan fingerprint density at radius 2 is 2.03 bits per heavy atom. The standard InChI is InChI=1S/C24H25ClN4O2/c1-3-6-20(22-26-19-10-8-17(25)14-21(19)27-22)28-23(30)16-7-9-18(15(2)13-16)24(31)29-11-4-5-12-29/h3,7-10,13-14,20H,1,4-6,11-12H2,2H3,(H,26,27)(H,28,30)/t20-/m0/s1. The van der Waals surface area contributed by atoms with Gasteiger partial charge in [-0.25, -0.2) is 4.98 Å². The highest BCUT2D eigenvalue weighted by atomic mass is 35.5. The van der Waals surface area contributed by atoms with Crippen LogP contribution in [0.15, 0.2) is 49.1 Å². The number of fused-ring (bicyclic) bond motifs is 1. The number of carbonyl (C=O) groups is 2. The van der Waals surface area contributed by atoms with Crippen LogP contribution in [0, 0.1) is 6.92 Å². The lowest BCUT2D eigenvalue weighted by molar-refractivity contribution is 0.0791. The SMILES string of the molecule is C=CC[C@H](NC(=O)c1ccc(C(=O)N2CCCC2)c(C)c1)c1nc2cc(Cl)ccc2[nH]1. The summed E-state index contributed by atoms with van der Waals surface area (Å²) in [5.74, 6) is 0.448. The molecule has 0 spiro atoms. The molecule has 160 valence electrons. The third-order valence-corrected chi connectivity index (χ3v) is 5.85. The Bertz CT molecular complexity index is 1150. The Labute approximate surface area is 186 Å². The average Bonchev–Trinajstić information content (AvgIpc) is 3.42. The summed E-state index contributed by atoms with van der Waals surface area (Å²) in [5, 5.41) is 3.63. The Morgan fingerprint density at radius 3 is 2.74 bits per heavy atom. The smallest absolute Gasteiger partial charge is 0.254 e. The van der Waals surface area contributed by atoms with Gasteiger partial charge < -0.3 is 15.2 Å². The van der Waals surface area contributed by atoms with E-state index < -0.39 is 0 Å². The summed E-state index contributed by atoms with van der Waals surface area (Å²) in [7, 11) is 0. The van der Waals surface area contributed by atoms with Crippen LogP contribution >= 0.6 is 11.6 Å². The zero-order valence-corrected chi connectivity index (χ0v) is 18.2. The van der Waals surface area contributed by atoms with Gasteiger partial charge in [0, 0.05) is 29.2 Å². The minimum absolute atomic E-state index is 0.0347. The summed E-state index contributed by atoms with van der Waals surface area (Å²) in [6.07, 6.45) is 4.35. The largest absolute Gasteiger partial charge is 0.342 e. The third-order valence-electron chi connectivity index (χ3n) is 5.61. The van der Waals surface area contributed by atoms with Gasteiger partial charge in [0.05, 0.1) is 17.1 Å². The highest BCUT2D eigenvalue weighted by Gasteiger charge is 2.23. The van der Waals surface area contributed by atoms with Crippen LogP contribution in [-0.4, -0.2) is 39.8 Å². The molecule has 0 unspecified atom stereocenters. The zero-order valence-electron chi connectivity index (χ0n) is 17.5. The van der Waals surface area contributed by atoms with Gasteiger partial charge in [-0.05, 0) is 68.1 Å². The molecule has 1 atom stereocenters. The number of nitrogens with zero attached hydrogens (tertiary/aromatic N) is 2. The number of aromatic amines is 1. The molecular formula is C24H25ClN4O2. The van der Waals surface area contributed by atoms with Gasteiger partial charge in [-0.1, -0.05) is 17.7 Å². The van der Waals surface area contributed by atoms with Gasteiger partial charge in [0.1, 0.15) is 5.82 Å². The summed E-state index contributed by atoms with van der Waals surface area (Å²) in [6.45, 7) is 7.26. The number of aryl methyl sites for hydroxylation is 1. The van der Waals surface area contributed by atoms with Gasteiger partial charge in [-0.15, -0.1) is 6.58 Å². The molecule has 2 aromatic carbocycles. The monoisotopic (exact) mass is 436 g/mol. The van der Waals surface area contributed by atoms with Crippen molar-refractivity contribution in [2.75, 3.05) is 13.1 Å². The molecule has 31 heavy (non-hydrogen) atoms. The van der Waals surface area contributed by atoms with Gasteiger partial charge in [0.15, 0.2) is 0 Å². The highest BCUT2D eigenvalue weighted by molar-refractivity contribution is 6.31. The summed E-state index contributed by atoms with van der Waals surface area (Å²) in [6, 6.07) is 10.3. The number of benzene rings is 2. The van der Waals surface area contributed by atoms with Crippen LogP contribution in [0.5, 0.6) is 0 Å². The second kappa shape index (κ2) is 8.94. The Morgan fingerprint density at radius 1 is 1.26 bits per heavy atom. The maximum absolute atomic E-state index is 13.0. The average molecular weight is 437 g/mol. The quantitative estimate of drug-likeness (QED) is 0.544. The summed E-state index contributed by atoms with van der Waals surface area (Å²) in [5.41, 5.74) is 3.54. The van der Waals surface area contributed by atoms with E-state index in [0.717, 1.165) is 42.5 Å². The third kappa shape index (κ3) is 4.49. The lowest BCUT2D eigenvalue weighted by Gasteiger charge is -2.18. The van der Waals surface area contributed by atoms with E-state index in [9.17, 15) is 9.59 Å². The van der Waals surface area contributed by atoms with E-state index in [1.165, 1.54) is 0 Å². The molecule has 7 heteroatoms. The van der Waals surface area contributed by atoms with Gasteiger partial charge in [0.2, 0.25) is 0 Å². The van der Waals surface area contributed by atoms with E-state index in [1.807, 2.05) is 17.9 Å². The predicted molar refractivity (Wildman–Crippen MR) is 122 cm³/mol. The van der Waals surface area contributed by atoms with Gasteiger partial charge >= 0.3 is 0 Å². The molecule has 1 aliphatic heterocycles. The molecule has 0 aliphatic carbocycles. The molecule has 2 heterocycles. The highest BCUT2D eigenvalue weighted by Crippen LogP contribution is 2.23. The van der Waals surface area contributed by atoms with Crippen molar-refractivity contribution in [1.29, 1.82) is 0 Å². The molecule has 3 aromatic rings. The van der Waals surface area contributed by atoms with Crippen molar-refractivity contribution in [1.82, 2.24) is 20.2 Å². The number of hydrogen-bond donors (Lipinski definition) is 2. The van der Waals surface area contributed by atoms with Crippen LogP contribution in [0.3, 0.4) is 0 Å². The van der Waals surface area contributed by atoms with E-state index in [2.05, 4.69) is 21.9 Å². The maximum Gasteiger partial charge on any atom is 0.254 e. The molecule has 0 bridgehead atoms. The van der Waals surface area contributed by atoms with Gasteiger partial charge in [0.25, 0.3) is 11.8 Å². The molecule has 2 amide bonds. The van der Waals surface area contributed by atoms with E-state index in [4.69, 9.17) is 11.6 Å². The Hall–Kier alpha value is -3.12. The molecular weight excluding hydrogens is 412 g/mol. The van der Waals surface area contributed by atoms with E-state index in [1.54, 1.807) is 36.4 Å². The van der Waals surface area contributed by atoms with Crippen LogP contribution < -0.4 is 5.32 Å². The van der Waals surface area contributed by atoms with Crippen molar-refractivity contribution in [2.45, 2.75) is 32.2 Å². The molecule has 6 nitrogen and oxygen atoms in total. The number of rotatable bonds is 6. The number of likely N-dealkylation sites (tertiary alicyclic amines) is 1. The topological polar surface area (TPSA) is 78.1 Å². The van der Waals surface area contributed by atoms with Crippen LogP contribution in [0.4, 0.5) is 0 Å². The summed E-state index contributed by atoms with van der Waals surface area (Å²) >= 11 is 6.06. The van der Waals surface area contributed by atoms with Gasteiger partial charge in [-0.2, -0.15) is 0 Å². The van der Waals surface area contributed by atoms with Crippen molar-refractivity contribution in [3.63, 3.8) is 0 Å². The number of hydrogen-bond acceptors (Lipinski definition) is 3. The van der Waals surface area contributed by atoms with Crippen LogP contribution in [0.25, 0.3) is 11.0 Å². The normalized spacial score (nSPS) is 14.6. The molecule has 1 fully saturated rings. The number of imidazole rings is 1. The number of carbonyl (C=O) groups excluding carboxylic acids is 2. The van der Waals surface area contributed by atoms with Crippen molar-refractivity contribution in [3.8, 4) is 0 Å². The lowest BCUT2D eigenvalue weighted by Crippen LogP contribution is -2.30. The van der Waals surface area contributed by atoms with Crippen molar-refractivity contribution >= 4 is 34.4 Å². The second-order valence-electron chi connectivity index (χ2n) is 7.86. The predicted octanol–water partition coefficient (Wildman–Crippen LogP) is 4.81. The molecule has 2 N–H and O–H groups in total. The van der Waals surface area contributed by atoms with Crippen LogP contribution in [-0.2, 0) is 0 Å². The van der Waals surface area contributed by atoms with Crippen LogP contribution in [0.1, 0.15) is 57.4 Å². The molecule has 1 aromatic heterocycles. The minimum Gasteiger partial charge on any atom is -0.342 e. The number of halogens is 1. The number of aromatic nitrogens is 2. The minimum atomic E-state index is -0.359. The first-order chi connectivity index (χ1) is 15.0. The Balaban J connectivity index is 1.53. The first kappa shape index (κ1) is 21.1. The molecule has 0 radical (unpaired) electrons. The van der Waals surface area contributed by atoms with E-state index in [0.29, 0.717) is 28.4 Å². The summed E-state index contributed by atoms with van der Waals surface area (Å²) < 4.78 is 0. The molecule has 0 saturated carbocycles. The first-order valence-corrected chi connectivity index (χ1v) is 10.8. The number of H-pyrrole nitrogens is 1. The summed E-state index contributed by atoms with van der Waals surface area (Å²) in [4.78, 5) is 35.4. The fourth-order valence-electron chi connectivity index (χ4n) is 3.95. The fraction of sp³-hybridized carbons (Fsp3) is 0.292. The molecule has 4 rings (SSSR count). The lowest BCUT2D eigenvalue weighted by atomic mass is 10.0. The zero-order chi connectivity index (χ0) is 22.0. The van der Waals surface area contributed by atoms with Crippen molar-refractivity contribution < 1.29 is 9.59 Å².